The number of nitrogens with two attached hydrogens (primary N) is 1. The van der Waals surface area contributed by atoms with Gasteiger partial charge in [-0.3, -0.25) is 0 Å². The Labute approximate surface area is 155 Å². The first-order valence-corrected chi connectivity index (χ1v) is 8.42. The SMILES string of the molecule is C=C1COC(c2nc(-c3ccc(F)cc3)c(-c3ccnc(CN)n3)[nH]2)OC1. The van der Waals surface area contributed by atoms with Crippen LogP contribution in [0, 0.1) is 5.82 Å². The number of aromatic nitrogens is 4. The van der Waals surface area contributed by atoms with E-state index in [-0.39, 0.29) is 12.4 Å². The first-order valence-electron chi connectivity index (χ1n) is 8.42. The van der Waals surface area contributed by atoms with Gasteiger partial charge in [0, 0.05) is 11.8 Å². The summed E-state index contributed by atoms with van der Waals surface area (Å²) in [4.78, 5) is 16.5. The number of halogens is 1. The van der Waals surface area contributed by atoms with E-state index < -0.39 is 6.29 Å². The Balaban J connectivity index is 1.79. The van der Waals surface area contributed by atoms with E-state index in [4.69, 9.17) is 15.2 Å². The molecule has 3 N–H and O–H groups in total. The maximum absolute atomic E-state index is 13.3. The summed E-state index contributed by atoms with van der Waals surface area (Å²) in [5, 5.41) is 0. The van der Waals surface area contributed by atoms with Crippen molar-refractivity contribution in [2.24, 2.45) is 5.73 Å². The second-order valence-corrected chi connectivity index (χ2v) is 6.12. The molecule has 4 rings (SSSR count). The van der Waals surface area contributed by atoms with Crippen molar-refractivity contribution < 1.29 is 13.9 Å². The summed E-state index contributed by atoms with van der Waals surface area (Å²) in [5.41, 5.74) is 9.16. The summed E-state index contributed by atoms with van der Waals surface area (Å²) in [6.07, 6.45) is 0.996. The van der Waals surface area contributed by atoms with Crippen LogP contribution < -0.4 is 5.73 Å². The van der Waals surface area contributed by atoms with Gasteiger partial charge < -0.3 is 20.2 Å². The molecule has 0 atom stereocenters. The molecule has 1 aliphatic rings. The molecule has 2 aromatic heterocycles. The number of benzene rings is 1. The number of H-pyrrole nitrogens is 1. The summed E-state index contributed by atoms with van der Waals surface area (Å²) >= 11 is 0. The molecule has 1 fully saturated rings. The maximum Gasteiger partial charge on any atom is 0.217 e. The Morgan fingerprint density at radius 1 is 1.15 bits per heavy atom. The van der Waals surface area contributed by atoms with Gasteiger partial charge in [0.1, 0.15) is 11.6 Å². The average Bonchev–Trinajstić information content (AvgIpc) is 3.14. The molecule has 0 amide bonds. The second kappa shape index (κ2) is 7.36. The highest BCUT2D eigenvalue weighted by molar-refractivity contribution is 5.76. The van der Waals surface area contributed by atoms with Gasteiger partial charge in [0.15, 0.2) is 5.82 Å². The molecule has 8 heteroatoms. The molecular weight excluding hydrogens is 349 g/mol. The Hall–Kier alpha value is -2.94. The number of aromatic amines is 1. The Morgan fingerprint density at radius 3 is 2.59 bits per heavy atom. The molecule has 0 unspecified atom stereocenters. The van der Waals surface area contributed by atoms with Gasteiger partial charge in [0.25, 0.3) is 0 Å². The van der Waals surface area contributed by atoms with Crippen LogP contribution in [0.25, 0.3) is 22.6 Å². The lowest BCUT2D eigenvalue weighted by Crippen LogP contribution is -2.20. The van der Waals surface area contributed by atoms with Crippen LogP contribution >= 0.6 is 0 Å². The normalized spacial score (nSPS) is 15.3. The third-order valence-corrected chi connectivity index (χ3v) is 4.08. The van der Waals surface area contributed by atoms with Gasteiger partial charge in [-0.05, 0) is 35.9 Å². The van der Waals surface area contributed by atoms with Gasteiger partial charge >= 0.3 is 0 Å². The van der Waals surface area contributed by atoms with Crippen molar-refractivity contribution in [1.82, 2.24) is 19.9 Å². The van der Waals surface area contributed by atoms with Crippen LogP contribution in [0.15, 0.2) is 48.7 Å². The Morgan fingerprint density at radius 2 is 1.89 bits per heavy atom. The lowest BCUT2D eigenvalue weighted by atomic mass is 10.1. The highest BCUT2D eigenvalue weighted by Gasteiger charge is 2.25. The smallest absolute Gasteiger partial charge is 0.217 e. The number of hydrogen-bond donors (Lipinski definition) is 2. The predicted octanol–water partition coefficient (Wildman–Crippen LogP) is 2.73. The van der Waals surface area contributed by atoms with Gasteiger partial charge in [-0.1, -0.05) is 6.58 Å². The molecular formula is C19H18FN5O2. The third kappa shape index (κ3) is 3.63. The van der Waals surface area contributed by atoms with Gasteiger partial charge in [-0.2, -0.15) is 0 Å². The van der Waals surface area contributed by atoms with Crippen LogP contribution in [0.2, 0.25) is 0 Å². The Bertz CT molecular complexity index is 960. The number of hydrogen-bond acceptors (Lipinski definition) is 6. The van der Waals surface area contributed by atoms with Gasteiger partial charge in [-0.15, -0.1) is 0 Å². The van der Waals surface area contributed by atoms with E-state index >= 15 is 0 Å². The minimum absolute atomic E-state index is 0.220. The molecule has 3 aromatic rings. The van der Waals surface area contributed by atoms with E-state index in [9.17, 15) is 4.39 Å². The minimum Gasteiger partial charge on any atom is -0.341 e. The van der Waals surface area contributed by atoms with Crippen LogP contribution in [0.3, 0.4) is 0 Å². The van der Waals surface area contributed by atoms with Crippen molar-refractivity contribution in [2.75, 3.05) is 13.2 Å². The van der Waals surface area contributed by atoms with Crippen molar-refractivity contribution in [3.63, 3.8) is 0 Å². The summed E-state index contributed by atoms with van der Waals surface area (Å²) in [7, 11) is 0. The van der Waals surface area contributed by atoms with Crippen molar-refractivity contribution >= 4 is 0 Å². The molecule has 138 valence electrons. The number of rotatable bonds is 4. The molecule has 0 saturated carbocycles. The highest BCUT2D eigenvalue weighted by Crippen LogP contribution is 2.32. The molecule has 0 aliphatic carbocycles. The van der Waals surface area contributed by atoms with Crippen molar-refractivity contribution in [3.8, 4) is 22.6 Å². The van der Waals surface area contributed by atoms with E-state index in [1.807, 2.05) is 0 Å². The molecule has 0 spiro atoms. The van der Waals surface area contributed by atoms with Gasteiger partial charge in [-0.25, -0.2) is 19.3 Å². The van der Waals surface area contributed by atoms with E-state index in [1.54, 1.807) is 24.4 Å². The van der Waals surface area contributed by atoms with E-state index in [1.165, 1.54) is 12.1 Å². The van der Waals surface area contributed by atoms with Crippen LogP contribution in [0.5, 0.6) is 0 Å². The van der Waals surface area contributed by atoms with Crippen LogP contribution in [0.4, 0.5) is 4.39 Å². The lowest BCUT2D eigenvalue weighted by molar-refractivity contribution is -0.165. The fourth-order valence-electron chi connectivity index (χ4n) is 2.78. The van der Waals surface area contributed by atoms with Crippen LogP contribution in [0.1, 0.15) is 17.9 Å². The summed E-state index contributed by atoms with van der Waals surface area (Å²) in [5.74, 6) is 0.695. The molecule has 1 saturated heterocycles. The maximum atomic E-state index is 13.3. The topological polar surface area (TPSA) is 98.9 Å². The predicted molar refractivity (Wildman–Crippen MR) is 96.7 cm³/mol. The zero-order valence-corrected chi connectivity index (χ0v) is 14.5. The average molecular weight is 367 g/mol. The van der Waals surface area contributed by atoms with Crippen molar-refractivity contribution in [1.29, 1.82) is 0 Å². The largest absolute Gasteiger partial charge is 0.341 e. The quantitative estimate of drug-likeness (QED) is 0.688. The summed E-state index contributed by atoms with van der Waals surface area (Å²) in [6.45, 7) is 4.86. The highest BCUT2D eigenvalue weighted by atomic mass is 19.1. The van der Waals surface area contributed by atoms with Crippen molar-refractivity contribution in [3.05, 3.63) is 66.1 Å². The molecule has 7 nitrogen and oxygen atoms in total. The number of ether oxygens (including phenoxy) is 2. The fraction of sp³-hybridized carbons (Fsp3) is 0.211. The molecule has 1 aromatic carbocycles. The fourth-order valence-corrected chi connectivity index (χ4v) is 2.78. The molecule has 27 heavy (non-hydrogen) atoms. The zero-order valence-electron chi connectivity index (χ0n) is 14.5. The Kier molecular flexibility index (Phi) is 4.76. The monoisotopic (exact) mass is 367 g/mol. The summed E-state index contributed by atoms with van der Waals surface area (Å²) in [6, 6.07) is 7.85. The van der Waals surface area contributed by atoms with E-state index in [0.29, 0.717) is 41.9 Å². The molecule has 0 bridgehead atoms. The lowest BCUT2D eigenvalue weighted by Gasteiger charge is -2.22. The first-order chi connectivity index (χ1) is 13.1. The number of imidazole rings is 1. The molecule has 0 radical (unpaired) electrons. The standard InChI is InChI=1S/C19H18FN5O2/c1-11-9-26-19(27-10-11)18-24-16(12-2-4-13(20)5-3-12)17(25-18)14-6-7-22-15(8-21)23-14/h2-7,19H,1,8-10,21H2,(H,24,25). The van der Waals surface area contributed by atoms with E-state index in [0.717, 1.165) is 11.1 Å². The van der Waals surface area contributed by atoms with Crippen LogP contribution in [-0.2, 0) is 16.0 Å². The third-order valence-electron chi connectivity index (χ3n) is 4.08. The van der Waals surface area contributed by atoms with E-state index in [2.05, 4.69) is 26.5 Å². The minimum atomic E-state index is -0.640. The zero-order chi connectivity index (χ0) is 18.8. The molecule has 1 aliphatic heterocycles. The van der Waals surface area contributed by atoms with Gasteiger partial charge in [0.2, 0.25) is 6.29 Å². The molecule has 3 heterocycles. The summed E-state index contributed by atoms with van der Waals surface area (Å²) < 4.78 is 24.7. The van der Waals surface area contributed by atoms with Crippen LogP contribution in [-0.4, -0.2) is 33.1 Å². The van der Waals surface area contributed by atoms with Gasteiger partial charge in [0.05, 0.1) is 36.8 Å². The second-order valence-electron chi connectivity index (χ2n) is 6.12. The number of nitrogens with zero attached hydrogens (tertiary/aromatic N) is 3. The van der Waals surface area contributed by atoms with Crippen molar-refractivity contribution in [2.45, 2.75) is 12.8 Å². The number of nitrogens with one attached hydrogen (secondary N) is 1. The first kappa shape index (κ1) is 17.5.